The van der Waals surface area contributed by atoms with E-state index in [1.807, 2.05) is 12.1 Å². The van der Waals surface area contributed by atoms with Gasteiger partial charge in [0.15, 0.2) is 6.29 Å². The van der Waals surface area contributed by atoms with Crippen LogP contribution in [0.5, 0.6) is 5.75 Å². The minimum Gasteiger partial charge on any atom is -0.486 e. The van der Waals surface area contributed by atoms with Crippen molar-refractivity contribution in [1.82, 2.24) is 0 Å². The van der Waals surface area contributed by atoms with Crippen molar-refractivity contribution < 1.29 is 14.6 Å². The van der Waals surface area contributed by atoms with Gasteiger partial charge in [0.2, 0.25) is 0 Å². The highest BCUT2D eigenvalue weighted by atomic mass is 16.5. The lowest BCUT2D eigenvalue weighted by atomic mass is 10.1. The van der Waals surface area contributed by atoms with Gasteiger partial charge in [0.25, 0.3) is 0 Å². The van der Waals surface area contributed by atoms with E-state index in [1.54, 1.807) is 12.1 Å². The van der Waals surface area contributed by atoms with Gasteiger partial charge < -0.3 is 9.84 Å². The molecule has 0 atom stereocenters. The van der Waals surface area contributed by atoms with Crippen LogP contribution in [0.2, 0.25) is 0 Å². The molecule has 1 aromatic rings. The summed E-state index contributed by atoms with van der Waals surface area (Å²) in [5.41, 5.74) is 1.06. The van der Waals surface area contributed by atoms with Gasteiger partial charge >= 0.3 is 0 Å². The minimum absolute atomic E-state index is 0.0827. The molecule has 0 amide bonds. The average Bonchev–Trinajstić information content (AvgIpc) is 2.17. The van der Waals surface area contributed by atoms with E-state index in [-0.39, 0.29) is 13.2 Å². The van der Waals surface area contributed by atoms with Crippen LogP contribution in [0.25, 0.3) is 0 Å². The first kappa shape index (κ1) is 9.74. The van der Waals surface area contributed by atoms with E-state index in [0.29, 0.717) is 18.5 Å². The van der Waals surface area contributed by atoms with Crippen molar-refractivity contribution in [3.63, 3.8) is 0 Å². The summed E-state index contributed by atoms with van der Waals surface area (Å²) in [5, 5.41) is 8.65. The van der Waals surface area contributed by atoms with E-state index in [2.05, 4.69) is 0 Å². The third-order valence-electron chi connectivity index (χ3n) is 1.64. The molecule has 0 unspecified atom stereocenters. The van der Waals surface area contributed by atoms with Crippen LogP contribution in [0.1, 0.15) is 5.56 Å². The van der Waals surface area contributed by atoms with E-state index in [4.69, 9.17) is 9.84 Å². The number of aldehydes is 1. The lowest BCUT2D eigenvalue weighted by Gasteiger charge is -2.02. The highest BCUT2D eigenvalue weighted by Gasteiger charge is 1.94. The Hall–Kier alpha value is -1.35. The normalized spacial score (nSPS) is 9.62. The van der Waals surface area contributed by atoms with Gasteiger partial charge in [-0.2, -0.15) is 0 Å². The van der Waals surface area contributed by atoms with Crippen molar-refractivity contribution in [2.24, 2.45) is 0 Å². The molecule has 0 aromatic heterocycles. The third kappa shape index (κ3) is 3.25. The Labute approximate surface area is 77.0 Å². The van der Waals surface area contributed by atoms with E-state index in [9.17, 15) is 4.79 Å². The highest BCUT2D eigenvalue weighted by molar-refractivity contribution is 5.51. The van der Waals surface area contributed by atoms with Crippen LogP contribution in [0, 0.1) is 0 Å². The van der Waals surface area contributed by atoms with Crippen LogP contribution in [-0.4, -0.2) is 24.6 Å². The maximum atomic E-state index is 9.99. The smallest absolute Gasteiger partial charge is 0.157 e. The Morgan fingerprint density at radius 1 is 1.31 bits per heavy atom. The predicted octanol–water partition coefficient (Wildman–Crippen LogP) is 0.799. The maximum absolute atomic E-state index is 9.99. The molecule has 0 fully saturated rings. The van der Waals surface area contributed by atoms with Crippen molar-refractivity contribution in [2.75, 3.05) is 13.2 Å². The van der Waals surface area contributed by atoms with Crippen LogP contribution < -0.4 is 4.74 Å². The van der Waals surface area contributed by atoms with Crippen LogP contribution in [0.15, 0.2) is 24.3 Å². The SMILES string of the molecule is O=CCOc1ccc(CCO)cc1. The standard InChI is InChI=1S/C10H12O3/c11-6-5-9-1-3-10(4-2-9)13-8-7-12/h1-4,7,11H,5-6,8H2. The Morgan fingerprint density at radius 2 is 2.00 bits per heavy atom. The maximum Gasteiger partial charge on any atom is 0.157 e. The Bertz CT molecular complexity index is 253. The van der Waals surface area contributed by atoms with Crippen molar-refractivity contribution in [1.29, 1.82) is 0 Å². The largest absolute Gasteiger partial charge is 0.486 e. The first-order valence-electron chi connectivity index (χ1n) is 4.13. The van der Waals surface area contributed by atoms with E-state index >= 15 is 0 Å². The Balaban J connectivity index is 2.53. The Kier molecular flexibility index (Phi) is 3.99. The monoisotopic (exact) mass is 180 g/mol. The van der Waals surface area contributed by atoms with Crippen LogP contribution >= 0.6 is 0 Å². The van der Waals surface area contributed by atoms with Crippen LogP contribution in [0.4, 0.5) is 0 Å². The van der Waals surface area contributed by atoms with Gasteiger partial charge in [-0.15, -0.1) is 0 Å². The molecule has 70 valence electrons. The van der Waals surface area contributed by atoms with Crippen molar-refractivity contribution in [3.8, 4) is 5.75 Å². The molecule has 0 heterocycles. The number of carbonyl (C=O) groups excluding carboxylic acids is 1. The minimum atomic E-state index is 0.0827. The van der Waals surface area contributed by atoms with E-state index < -0.39 is 0 Å². The molecule has 0 aliphatic carbocycles. The fraction of sp³-hybridized carbons (Fsp3) is 0.300. The van der Waals surface area contributed by atoms with Crippen molar-refractivity contribution >= 4 is 6.29 Å². The summed E-state index contributed by atoms with van der Waals surface area (Å²) in [6.45, 7) is 0.230. The van der Waals surface area contributed by atoms with E-state index in [0.717, 1.165) is 5.56 Å². The molecule has 1 N–H and O–H groups in total. The molecule has 13 heavy (non-hydrogen) atoms. The summed E-state index contributed by atoms with van der Waals surface area (Å²) in [5.74, 6) is 0.675. The van der Waals surface area contributed by atoms with Crippen LogP contribution in [-0.2, 0) is 11.2 Å². The summed E-state index contributed by atoms with van der Waals surface area (Å²) in [6, 6.07) is 7.32. The topological polar surface area (TPSA) is 46.5 Å². The lowest BCUT2D eigenvalue weighted by molar-refractivity contribution is -0.109. The molecule has 1 aromatic carbocycles. The molecular weight excluding hydrogens is 168 g/mol. The zero-order valence-corrected chi connectivity index (χ0v) is 7.27. The lowest BCUT2D eigenvalue weighted by Crippen LogP contribution is -1.97. The molecule has 1 rings (SSSR count). The first-order valence-corrected chi connectivity index (χ1v) is 4.13. The number of benzene rings is 1. The summed E-state index contributed by atoms with van der Waals surface area (Å²) in [6.07, 6.45) is 1.36. The number of aliphatic hydroxyl groups excluding tert-OH is 1. The average molecular weight is 180 g/mol. The third-order valence-corrected chi connectivity index (χ3v) is 1.64. The second-order valence-corrected chi connectivity index (χ2v) is 2.60. The summed E-state index contributed by atoms with van der Waals surface area (Å²) < 4.78 is 5.06. The van der Waals surface area contributed by atoms with Gasteiger partial charge in [-0.3, -0.25) is 4.79 Å². The molecule has 0 saturated carbocycles. The van der Waals surface area contributed by atoms with Crippen LogP contribution in [0.3, 0.4) is 0 Å². The van der Waals surface area contributed by atoms with Gasteiger partial charge in [0, 0.05) is 6.61 Å². The molecular formula is C10H12O3. The molecule has 0 saturated heterocycles. The molecule has 0 aliphatic rings. The quantitative estimate of drug-likeness (QED) is 0.682. The summed E-state index contributed by atoms with van der Waals surface area (Å²) in [4.78, 5) is 9.99. The zero-order chi connectivity index (χ0) is 9.52. The first-order chi connectivity index (χ1) is 6.36. The number of rotatable bonds is 5. The molecule has 3 nitrogen and oxygen atoms in total. The molecule has 0 bridgehead atoms. The predicted molar refractivity (Wildman–Crippen MR) is 48.8 cm³/mol. The van der Waals surface area contributed by atoms with Gasteiger partial charge in [-0.25, -0.2) is 0 Å². The van der Waals surface area contributed by atoms with Gasteiger partial charge in [-0.05, 0) is 24.1 Å². The molecule has 3 heteroatoms. The van der Waals surface area contributed by atoms with E-state index in [1.165, 1.54) is 0 Å². The van der Waals surface area contributed by atoms with Crippen molar-refractivity contribution in [2.45, 2.75) is 6.42 Å². The second-order valence-electron chi connectivity index (χ2n) is 2.60. The Morgan fingerprint density at radius 3 is 2.54 bits per heavy atom. The number of aliphatic hydroxyl groups is 1. The van der Waals surface area contributed by atoms with Gasteiger partial charge in [0.05, 0.1) is 0 Å². The molecule has 0 radical (unpaired) electrons. The fourth-order valence-corrected chi connectivity index (χ4v) is 1.01. The number of hydrogen-bond acceptors (Lipinski definition) is 3. The summed E-state index contributed by atoms with van der Waals surface area (Å²) in [7, 11) is 0. The number of carbonyl (C=O) groups is 1. The number of hydrogen-bond donors (Lipinski definition) is 1. The van der Waals surface area contributed by atoms with Gasteiger partial charge in [0.1, 0.15) is 12.4 Å². The summed E-state index contributed by atoms with van der Waals surface area (Å²) >= 11 is 0. The molecule has 0 aliphatic heterocycles. The number of ether oxygens (including phenoxy) is 1. The molecule has 0 spiro atoms. The van der Waals surface area contributed by atoms with Gasteiger partial charge in [-0.1, -0.05) is 12.1 Å². The van der Waals surface area contributed by atoms with Crippen molar-refractivity contribution in [3.05, 3.63) is 29.8 Å². The zero-order valence-electron chi connectivity index (χ0n) is 7.27. The fourth-order valence-electron chi connectivity index (χ4n) is 1.01. The highest BCUT2D eigenvalue weighted by Crippen LogP contribution is 2.11. The second kappa shape index (κ2) is 5.32.